The van der Waals surface area contributed by atoms with Crippen molar-refractivity contribution in [3.63, 3.8) is 0 Å². The standard InChI is InChI=1S/C27H22N2O4/c30-26(31)25(14-19-13-17-7-1-2-8-18(17)15-28-19)29-27(32)33-16-24-22-11-5-3-9-20(22)21-10-4-6-12-23(21)24/h1-13,15,24-25H,14,16H2,(H,29,32)(H,30,31)/t25-/m0/s1. The Kier molecular flexibility index (Phi) is 5.48. The smallest absolute Gasteiger partial charge is 0.407 e. The topological polar surface area (TPSA) is 88.5 Å². The summed E-state index contributed by atoms with van der Waals surface area (Å²) in [6, 6.07) is 24.5. The number of fused-ring (bicyclic) bond motifs is 4. The summed E-state index contributed by atoms with van der Waals surface area (Å²) >= 11 is 0. The van der Waals surface area contributed by atoms with Gasteiger partial charge in [0.2, 0.25) is 0 Å². The summed E-state index contributed by atoms with van der Waals surface area (Å²) < 4.78 is 5.49. The lowest BCUT2D eigenvalue weighted by atomic mass is 9.98. The van der Waals surface area contributed by atoms with Gasteiger partial charge in [0.05, 0.1) is 0 Å². The molecule has 0 saturated carbocycles. The van der Waals surface area contributed by atoms with Gasteiger partial charge in [-0.25, -0.2) is 9.59 Å². The van der Waals surface area contributed by atoms with Crippen molar-refractivity contribution in [2.24, 2.45) is 0 Å². The maximum Gasteiger partial charge on any atom is 0.407 e. The third-order valence-corrected chi connectivity index (χ3v) is 6.03. The molecular weight excluding hydrogens is 416 g/mol. The summed E-state index contributed by atoms with van der Waals surface area (Å²) in [7, 11) is 0. The fourth-order valence-corrected chi connectivity index (χ4v) is 4.43. The SMILES string of the molecule is O=C(N[C@@H](Cc1cc2ccccc2cn1)C(=O)O)OCC1c2ccccc2-c2ccccc21. The Balaban J connectivity index is 1.27. The predicted molar refractivity (Wildman–Crippen MR) is 125 cm³/mol. The molecule has 0 unspecified atom stereocenters. The molecule has 2 N–H and O–H groups in total. The number of aliphatic carboxylic acids is 1. The molecule has 4 aromatic rings. The number of carboxylic acid groups (broad SMARTS) is 1. The van der Waals surface area contributed by atoms with E-state index < -0.39 is 18.1 Å². The van der Waals surface area contributed by atoms with E-state index >= 15 is 0 Å². The Bertz CT molecular complexity index is 1310. The lowest BCUT2D eigenvalue weighted by Crippen LogP contribution is -2.43. The van der Waals surface area contributed by atoms with Crippen LogP contribution >= 0.6 is 0 Å². The minimum atomic E-state index is -1.14. The van der Waals surface area contributed by atoms with Crippen LogP contribution in [0.15, 0.2) is 85.1 Å². The lowest BCUT2D eigenvalue weighted by Gasteiger charge is -2.17. The molecule has 0 fully saturated rings. The molecule has 1 atom stereocenters. The Morgan fingerprint density at radius 3 is 2.18 bits per heavy atom. The summed E-state index contributed by atoms with van der Waals surface area (Å²) in [5.74, 6) is -1.23. The molecule has 1 amide bonds. The van der Waals surface area contributed by atoms with Crippen molar-refractivity contribution in [3.05, 3.63) is 102 Å². The number of alkyl carbamates (subject to hydrolysis) is 1. The second-order valence-corrected chi connectivity index (χ2v) is 8.09. The van der Waals surface area contributed by atoms with E-state index in [9.17, 15) is 14.7 Å². The van der Waals surface area contributed by atoms with Crippen molar-refractivity contribution >= 4 is 22.8 Å². The molecule has 0 spiro atoms. The zero-order valence-electron chi connectivity index (χ0n) is 17.8. The number of carbonyl (C=O) groups is 2. The second-order valence-electron chi connectivity index (χ2n) is 8.09. The normalized spacial score (nSPS) is 13.2. The molecule has 0 aliphatic heterocycles. The number of ether oxygens (including phenoxy) is 1. The van der Waals surface area contributed by atoms with E-state index in [4.69, 9.17) is 4.74 Å². The van der Waals surface area contributed by atoms with Crippen molar-refractivity contribution < 1.29 is 19.4 Å². The first-order valence-electron chi connectivity index (χ1n) is 10.8. The third-order valence-electron chi connectivity index (χ3n) is 6.03. The molecule has 164 valence electrons. The van der Waals surface area contributed by atoms with E-state index in [-0.39, 0.29) is 18.9 Å². The van der Waals surface area contributed by atoms with E-state index in [1.54, 1.807) is 6.20 Å². The maximum absolute atomic E-state index is 12.5. The van der Waals surface area contributed by atoms with Crippen LogP contribution in [0.25, 0.3) is 21.9 Å². The van der Waals surface area contributed by atoms with Gasteiger partial charge in [-0.1, -0.05) is 72.8 Å². The van der Waals surface area contributed by atoms with Gasteiger partial charge in [0.15, 0.2) is 0 Å². The van der Waals surface area contributed by atoms with Crippen LogP contribution in [0, 0.1) is 0 Å². The van der Waals surface area contributed by atoms with Crippen molar-refractivity contribution in [2.45, 2.75) is 18.4 Å². The Labute approximate surface area is 190 Å². The number of benzene rings is 3. The Morgan fingerprint density at radius 2 is 1.52 bits per heavy atom. The number of hydrogen-bond acceptors (Lipinski definition) is 4. The van der Waals surface area contributed by atoms with E-state index in [1.807, 2.05) is 66.7 Å². The van der Waals surface area contributed by atoms with Crippen LogP contribution < -0.4 is 5.32 Å². The Hall–Kier alpha value is -4.19. The molecule has 0 saturated heterocycles. The number of nitrogens with zero attached hydrogens (tertiary/aromatic N) is 1. The van der Waals surface area contributed by atoms with Crippen molar-refractivity contribution in [3.8, 4) is 11.1 Å². The van der Waals surface area contributed by atoms with Gasteiger partial charge in [0.25, 0.3) is 0 Å². The van der Waals surface area contributed by atoms with Crippen molar-refractivity contribution in [1.29, 1.82) is 0 Å². The monoisotopic (exact) mass is 438 g/mol. The van der Waals surface area contributed by atoms with Crippen LogP contribution in [0.2, 0.25) is 0 Å². The number of amides is 1. The lowest BCUT2D eigenvalue weighted by molar-refractivity contribution is -0.139. The molecule has 1 aliphatic carbocycles. The quantitative estimate of drug-likeness (QED) is 0.453. The summed E-state index contributed by atoms with van der Waals surface area (Å²) in [6.45, 7) is 0.125. The molecule has 3 aromatic carbocycles. The van der Waals surface area contributed by atoms with E-state index in [0.717, 1.165) is 33.0 Å². The van der Waals surface area contributed by atoms with Gasteiger partial charge in [0, 0.05) is 29.6 Å². The van der Waals surface area contributed by atoms with Crippen LogP contribution in [0.4, 0.5) is 4.79 Å². The molecule has 1 heterocycles. The highest BCUT2D eigenvalue weighted by Gasteiger charge is 2.29. The van der Waals surface area contributed by atoms with E-state index in [1.165, 1.54) is 0 Å². The fraction of sp³-hybridized carbons (Fsp3) is 0.148. The zero-order valence-corrected chi connectivity index (χ0v) is 17.8. The number of aromatic nitrogens is 1. The number of nitrogens with one attached hydrogen (secondary N) is 1. The average molecular weight is 438 g/mol. The largest absolute Gasteiger partial charge is 0.480 e. The third kappa shape index (κ3) is 4.15. The number of rotatable bonds is 6. The van der Waals surface area contributed by atoms with Gasteiger partial charge in [-0.2, -0.15) is 0 Å². The van der Waals surface area contributed by atoms with Crippen molar-refractivity contribution in [1.82, 2.24) is 10.3 Å². The summed E-state index contributed by atoms with van der Waals surface area (Å²) in [6.07, 6.45) is 1.01. The summed E-state index contributed by atoms with van der Waals surface area (Å²) in [5.41, 5.74) is 5.05. The predicted octanol–water partition coefficient (Wildman–Crippen LogP) is 4.77. The highest BCUT2D eigenvalue weighted by atomic mass is 16.5. The summed E-state index contributed by atoms with van der Waals surface area (Å²) in [5, 5.41) is 14.1. The molecule has 6 nitrogen and oxygen atoms in total. The zero-order chi connectivity index (χ0) is 22.8. The van der Waals surface area contributed by atoms with Gasteiger partial charge >= 0.3 is 12.1 Å². The van der Waals surface area contributed by atoms with E-state index in [0.29, 0.717) is 5.69 Å². The van der Waals surface area contributed by atoms with Crippen molar-refractivity contribution in [2.75, 3.05) is 6.61 Å². The summed E-state index contributed by atoms with van der Waals surface area (Å²) in [4.78, 5) is 28.7. The van der Waals surface area contributed by atoms with Crippen LogP contribution in [0.3, 0.4) is 0 Å². The first-order valence-corrected chi connectivity index (χ1v) is 10.8. The first kappa shape index (κ1) is 20.7. The van der Waals surface area contributed by atoms with Gasteiger partial charge in [-0.05, 0) is 33.7 Å². The highest BCUT2D eigenvalue weighted by Crippen LogP contribution is 2.44. The van der Waals surface area contributed by atoms with Crippen LogP contribution in [0.1, 0.15) is 22.7 Å². The number of pyridine rings is 1. The van der Waals surface area contributed by atoms with Gasteiger partial charge in [-0.15, -0.1) is 0 Å². The number of hydrogen-bond donors (Lipinski definition) is 2. The fourth-order valence-electron chi connectivity index (χ4n) is 4.43. The van der Waals surface area contributed by atoms with Gasteiger partial charge in [0.1, 0.15) is 12.6 Å². The maximum atomic E-state index is 12.5. The molecule has 0 radical (unpaired) electrons. The first-order chi connectivity index (χ1) is 16.1. The molecule has 0 bridgehead atoms. The molecule has 33 heavy (non-hydrogen) atoms. The van der Waals surface area contributed by atoms with E-state index in [2.05, 4.69) is 22.4 Å². The minimum Gasteiger partial charge on any atom is -0.480 e. The number of carbonyl (C=O) groups excluding carboxylic acids is 1. The van der Waals surface area contributed by atoms with Crippen LogP contribution in [0.5, 0.6) is 0 Å². The molecule has 1 aromatic heterocycles. The second kappa shape index (κ2) is 8.74. The van der Waals surface area contributed by atoms with Crippen LogP contribution in [-0.4, -0.2) is 34.8 Å². The van der Waals surface area contributed by atoms with Gasteiger partial charge in [-0.3, -0.25) is 4.98 Å². The molecular formula is C27H22N2O4. The average Bonchev–Trinajstić information content (AvgIpc) is 3.16. The number of carboxylic acids is 1. The molecule has 1 aliphatic rings. The highest BCUT2D eigenvalue weighted by molar-refractivity contribution is 5.83. The van der Waals surface area contributed by atoms with Gasteiger partial charge < -0.3 is 15.2 Å². The minimum absolute atomic E-state index is 0.0599. The molecule has 5 rings (SSSR count). The molecule has 6 heteroatoms. The Morgan fingerprint density at radius 1 is 0.909 bits per heavy atom. The van der Waals surface area contributed by atoms with Crippen LogP contribution in [-0.2, 0) is 16.0 Å².